The molecule has 0 amide bonds. The first-order valence-corrected chi connectivity index (χ1v) is 5.34. The highest BCUT2D eigenvalue weighted by Crippen LogP contribution is 2.14. The van der Waals surface area contributed by atoms with E-state index in [0.29, 0.717) is 5.56 Å². The molecule has 0 aliphatic carbocycles. The Hall–Kier alpha value is -1.68. The molecular weight excluding hydrogens is 220 g/mol. The summed E-state index contributed by atoms with van der Waals surface area (Å²) in [7, 11) is 1.18. The van der Waals surface area contributed by atoms with Gasteiger partial charge in [-0.2, -0.15) is 0 Å². The van der Waals surface area contributed by atoms with Gasteiger partial charge in [-0.15, -0.1) is 0 Å². The van der Waals surface area contributed by atoms with Gasteiger partial charge in [0, 0.05) is 5.56 Å². The summed E-state index contributed by atoms with van der Waals surface area (Å²) in [6.45, 7) is 3.42. The fourth-order valence-corrected chi connectivity index (χ4v) is 1.45. The Morgan fingerprint density at radius 2 is 1.76 bits per heavy atom. The van der Waals surface area contributed by atoms with Crippen LogP contribution in [-0.4, -0.2) is 30.1 Å². The van der Waals surface area contributed by atoms with E-state index in [0.717, 1.165) is 5.56 Å². The summed E-state index contributed by atoms with van der Waals surface area (Å²) in [6, 6.07) is 6.98. The number of Topliss-reactive ketones (excluding diaryl/α,β-unsaturated/α-hetero) is 1. The highest BCUT2D eigenvalue weighted by molar-refractivity contribution is 6.00. The van der Waals surface area contributed by atoms with E-state index in [2.05, 4.69) is 4.74 Å². The number of ether oxygens (including phenoxy) is 1. The molecule has 4 nitrogen and oxygen atoms in total. The Morgan fingerprint density at radius 3 is 2.24 bits per heavy atom. The first kappa shape index (κ1) is 13.4. The number of aryl methyl sites for hydroxylation is 1. The van der Waals surface area contributed by atoms with E-state index in [1.54, 1.807) is 12.1 Å². The summed E-state index contributed by atoms with van der Waals surface area (Å²) in [5, 5.41) is 9.58. The molecule has 4 heteroatoms. The van der Waals surface area contributed by atoms with Crippen molar-refractivity contribution in [3.8, 4) is 0 Å². The summed E-state index contributed by atoms with van der Waals surface area (Å²) in [5.41, 5.74) is 1.52. The van der Waals surface area contributed by atoms with Gasteiger partial charge in [0.05, 0.1) is 13.0 Å². The zero-order chi connectivity index (χ0) is 13.0. The quantitative estimate of drug-likeness (QED) is 0.633. The van der Waals surface area contributed by atoms with Crippen LogP contribution in [0.3, 0.4) is 0 Å². The summed E-state index contributed by atoms with van der Waals surface area (Å²) in [5.74, 6) is -1.88. The van der Waals surface area contributed by atoms with Gasteiger partial charge in [-0.05, 0) is 6.92 Å². The van der Waals surface area contributed by atoms with Crippen LogP contribution in [0.1, 0.15) is 22.8 Å². The Bertz CT molecular complexity index is 408. The summed E-state index contributed by atoms with van der Waals surface area (Å²) >= 11 is 0. The van der Waals surface area contributed by atoms with Gasteiger partial charge in [0.25, 0.3) is 0 Å². The van der Waals surface area contributed by atoms with Crippen molar-refractivity contribution in [1.82, 2.24) is 0 Å². The van der Waals surface area contributed by atoms with Crippen molar-refractivity contribution in [3.63, 3.8) is 0 Å². The van der Waals surface area contributed by atoms with Crippen molar-refractivity contribution < 1.29 is 19.4 Å². The number of ketones is 1. The van der Waals surface area contributed by atoms with Crippen LogP contribution in [0, 0.1) is 12.8 Å². The summed E-state index contributed by atoms with van der Waals surface area (Å²) in [6.07, 6.45) is -1.42. The molecule has 0 fully saturated rings. The average Bonchev–Trinajstić information content (AvgIpc) is 2.36. The minimum Gasteiger partial charge on any atom is -0.467 e. The van der Waals surface area contributed by atoms with Gasteiger partial charge in [-0.1, -0.05) is 36.8 Å². The van der Waals surface area contributed by atoms with E-state index in [4.69, 9.17) is 0 Å². The molecule has 0 saturated carbocycles. The standard InChI is InChI=1S/C13H16O4/c1-8-4-6-10(7-5-8)11(14)9(2)12(15)13(16)17-3/h4-7,9,12,15H,1-3H3. The lowest BCUT2D eigenvalue weighted by molar-refractivity contribution is -0.152. The van der Waals surface area contributed by atoms with E-state index in [1.165, 1.54) is 14.0 Å². The van der Waals surface area contributed by atoms with Crippen LogP contribution in [0.2, 0.25) is 0 Å². The number of methoxy groups -OCH3 is 1. The second-order valence-electron chi connectivity index (χ2n) is 3.99. The Labute approximate surface area is 100 Å². The maximum Gasteiger partial charge on any atom is 0.335 e. The monoisotopic (exact) mass is 236 g/mol. The third-order valence-corrected chi connectivity index (χ3v) is 2.67. The van der Waals surface area contributed by atoms with Crippen LogP contribution in [-0.2, 0) is 9.53 Å². The molecule has 0 saturated heterocycles. The lowest BCUT2D eigenvalue weighted by atomic mass is 9.94. The largest absolute Gasteiger partial charge is 0.467 e. The molecule has 1 rings (SSSR count). The summed E-state index contributed by atoms with van der Waals surface area (Å²) in [4.78, 5) is 23.1. The van der Waals surface area contributed by atoms with Crippen molar-refractivity contribution in [2.75, 3.05) is 7.11 Å². The molecule has 0 aromatic heterocycles. The van der Waals surface area contributed by atoms with Crippen LogP contribution >= 0.6 is 0 Å². The van der Waals surface area contributed by atoms with Crippen LogP contribution in [0.15, 0.2) is 24.3 Å². The number of hydrogen-bond donors (Lipinski definition) is 1. The van der Waals surface area contributed by atoms with Gasteiger partial charge in [-0.25, -0.2) is 4.79 Å². The average molecular weight is 236 g/mol. The predicted molar refractivity (Wildman–Crippen MR) is 62.7 cm³/mol. The number of aliphatic hydroxyl groups is 1. The van der Waals surface area contributed by atoms with Gasteiger partial charge in [-0.3, -0.25) is 4.79 Å². The van der Waals surface area contributed by atoms with Crippen molar-refractivity contribution >= 4 is 11.8 Å². The Morgan fingerprint density at radius 1 is 1.24 bits per heavy atom. The SMILES string of the molecule is COC(=O)C(O)C(C)C(=O)c1ccc(C)cc1. The third-order valence-electron chi connectivity index (χ3n) is 2.67. The molecule has 2 unspecified atom stereocenters. The van der Waals surface area contributed by atoms with Crippen molar-refractivity contribution in [2.45, 2.75) is 20.0 Å². The first-order valence-electron chi connectivity index (χ1n) is 5.34. The van der Waals surface area contributed by atoms with Crippen LogP contribution in [0.4, 0.5) is 0 Å². The zero-order valence-electron chi connectivity index (χ0n) is 10.1. The molecule has 0 aliphatic rings. The van der Waals surface area contributed by atoms with Crippen molar-refractivity contribution in [3.05, 3.63) is 35.4 Å². The van der Waals surface area contributed by atoms with Crippen molar-refractivity contribution in [1.29, 1.82) is 0 Å². The second kappa shape index (κ2) is 5.59. The Balaban J connectivity index is 2.83. The minimum atomic E-state index is -1.42. The molecule has 0 radical (unpaired) electrons. The van der Waals surface area contributed by atoms with E-state index in [1.807, 2.05) is 19.1 Å². The molecule has 1 aromatic carbocycles. The van der Waals surface area contributed by atoms with Gasteiger partial charge in [0.2, 0.25) is 0 Å². The molecule has 0 aliphatic heterocycles. The normalized spacial score (nSPS) is 13.9. The molecular formula is C13H16O4. The lowest BCUT2D eigenvalue weighted by Gasteiger charge is -2.15. The Kier molecular flexibility index (Phi) is 4.40. The minimum absolute atomic E-state index is 0.275. The molecule has 0 bridgehead atoms. The predicted octanol–water partition coefficient (Wildman–Crippen LogP) is 1.35. The number of carbonyl (C=O) groups is 2. The zero-order valence-corrected chi connectivity index (χ0v) is 10.1. The number of carbonyl (C=O) groups excluding carboxylic acids is 2. The lowest BCUT2D eigenvalue weighted by Crippen LogP contribution is -2.33. The maximum atomic E-state index is 12.0. The van der Waals surface area contributed by atoms with Gasteiger partial charge < -0.3 is 9.84 Å². The molecule has 2 atom stereocenters. The number of aliphatic hydroxyl groups excluding tert-OH is 1. The first-order chi connectivity index (χ1) is 7.97. The molecule has 17 heavy (non-hydrogen) atoms. The molecule has 1 aromatic rings. The topological polar surface area (TPSA) is 63.6 Å². The molecule has 0 spiro atoms. The van der Waals surface area contributed by atoms with Crippen LogP contribution in [0.25, 0.3) is 0 Å². The number of hydrogen-bond acceptors (Lipinski definition) is 4. The van der Waals surface area contributed by atoms with Crippen molar-refractivity contribution in [2.24, 2.45) is 5.92 Å². The van der Waals surface area contributed by atoms with E-state index >= 15 is 0 Å². The van der Waals surface area contributed by atoms with Crippen LogP contribution < -0.4 is 0 Å². The second-order valence-corrected chi connectivity index (χ2v) is 3.99. The van der Waals surface area contributed by atoms with Gasteiger partial charge >= 0.3 is 5.97 Å². The summed E-state index contributed by atoms with van der Waals surface area (Å²) < 4.78 is 4.40. The molecule has 92 valence electrons. The van der Waals surface area contributed by atoms with E-state index in [9.17, 15) is 14.7 Å². The molecule has 0 heterocycles. The van der Waals surface area contributed by atoms with Gasteiger partial charge in [0.15, 0.2) is 11.9 Å². The smallest absolute Gasteiger partial charge is 0.335 e. The van der Waals surface area contributed by atoms with E-state index in [-0.39, 0.29) is 5.78 Å². The van der Waals surface area contributed by atoms with Crippen LogP contribution in [0.5, 0.6) is 0 Å². The van der Waals surface area contributed by atoms with Gasteiger partial charge in [0.1, 0.15) is 0 Å². The maximum absolute atomic E-state index is 12.0. The molecule has 1 N–H and O–H groups in total. The fraction of sp³-hybridized carbons (Fsp3) is 0.385. The number of benzene rings is 1. The number of esters is 1. The highest BCUT2D eigenvalue weighted by Gasteiger charge is 2.29. The van der Waals surface area contributed by atoms with E-state index < -0.39 is 18.0 Å². The third kappa shape index (κ3) is 3.14. The fourth-order valence-electron chi connectivity index (χ4n) is 1.45. The number of rotatable bonds is 4. The highest BCUT2D eigenvalue weighted by atomic mass is 16.5.